The average Bonchev–Trinajstić information content (AvgIpc) is 1.59. The predicted octanol–water partition coefficient (Wildman–Crippen LogP) is 15.2. The zero-order valence-corrected chi connectivity index (χ0v) is 63.8. The molecular formula is C88H56N16O12Zn. The number of amides is 4. The van der Waals surface area contributed by atoms with Gasteiger partial charge in [0.15, 0.2) is 0 Å². The zero-order chi connectivity index (χ0) is 79.2. The first-order valence-electron chi connectivity index (χ1n) is 35.6. The monoisotopic (exact) mass is 1590 g/mol. The van der Waals surface area contributed by atoms with Crippen molar-refractivity contribution in [2.24, 2.45) is 20.4 Å². The van der Waals surface area contributed by atoms with E-state index < -0.39 is 23.6 Å². The number of carbonyl (C=O) groups is 4. The van der Waals surface area contributed by atoms with Crippen LogP contribution in [0.3, 0.4) is 0 Å². The number of nitrogens with one attached hydrogen (secondary N) is 4. The van der Waals surface area contributed by atoms with Crippen LogP contribution in [0.15, 0.2) is 287 Å². The maximum atomic E-state index is 13.2. The Morgan fingerprint density at radius 1 is 0.299 bits per heavy atom. The molecule has 0 unspecified atom stereocenters. The fourth-order valence-corrected chi connectivity index (χ4v) is 12.7. The third kappa shape index (κ3) is 15.7. The number of fused-ring (bicyclic) bond motifs is 20. The molecule has 562 valence electrons. The summed E-state index contributed by atoms with van der Waals surface area (Å²) in [5.74, 6) is -0.526. The van der Waals surface area contributed by atoms with Gasteiger partial charge in [0.05, 0.1) is 76.0 Å². The quantitative estimate of drug-likeness (QED) is 0.0200. The van der Waals surface area contributed by atoms with Crippen molar-refractivity contribution in [2.75, 3.05) is 0 Å². The number of ether oxygens (including phenoxy) is 4. The molecule has 17 rings (SSSR count). The van der Waals surface area contributed by atoms with Gasteiger partial charge in [-0.1, -0.05) is 121 Å². The molecule has 0 atom stereocenters. The number of hydrazone groups is 4. The van der Waals surface area contributed by atoms with Crippen molar-refractivity contribution in [3.05, 3.63) is 311 Å². The van der Waals surface area contributed by atoms with Crippen molar-refractivity contribution in [3.63, 3.8) is 0 Å². The molecule has 4 amide bonds. The Balaban J connectivity index is 0.0000102. The molecule has 15 aromatic rings. The summed E-state index contributed by atoms with van der Waals surface area (Å²) in [6.07, 6.45) is 5.64. The Kier molecular flexibility index (Phi) is 21.0. The van der Waals surface area contributed by atoms with Crippen LogP contribution in [0, 0.1) is 0 Å². The van der Waals surface area contributed by atoms with Gasteiger partial charge in [-0.3, -0.25) is 19.2 Å². The molecule has 12 aromatic carbocycles. The van der Waals surface area contributed by atoms with Crippen molar-refractivity contribution in [2.45, 2.75) is 0 Å². The standard InChI is InChI=1S/C88H58N16O12.Zn/c105-65-29-9-5-23-57(65)85(109)101-89-45-49-19-1-13-33-69(49)113-53-39-41-55-63(43-53)81-94-77(55)93-79-61-27-17-37-73(115-71-35-15-3-21-51(71)47-91-103-87(111)59-25-7-11-31-67(59)107)75(61)83(97-79)98-80-62-28-18-38-74(116-72-36-16-4-22-52(72)48-92-104-88(112)60-26-8-12-32-68(60)108)76(62)84(99-80)100-82-64-44-54(40-42-56(64)78(95-81)96-82)114-70-34-14-2-20-50(70)46-90-102-86(110)58-24-6-10-30-66(58)106;/h1-48H,(H10,93,94,95,96,97,98,99,100,101,102,103,104,105,106,107,108,109,110,111,112);/q;+2/p-2/b89-45+,90-46+,91-47+,92-48-;. The molecule has 2 aliphatic heterocycles. The number of phenolic OH excluding ortho intramolecular Hbond substituents is 4. The Labute approximate surface area is 674 Å². The van der Waals surface area contributed by atoms with Gasteiger partial charge in [0.25, 0.3) is 23.6 Å². The van der Waals surface area contributed by atoms with Crippen molar-refractivity contribution >= 4 is 92.6 Å². The number of benzene rings is 12. The van der Waals surface area contributed by atoms with Gasteiger partial charge in [0, 0.05) is 66.9 Å². The van der Waals surface area contributed by atoms with E-state index in [2.05, 4.69) is 42.1 Å². The number of nitrogens with zero attached hydrogens (tertiary/aromatic N) is 12. The van der Waals surface area contributed by atoms with Crippen LogP contribution < -0.4 is 50.6 Å². The van der Waals surface area contributed by atoms with Crippen LogP contribution in [0.2, 0.25) is 0 Å². The zero-order valence-electron chi connectivity index (χ0n) is 60.8. The van der Waals surface area contributed by atoms with Gasteiger partial charge in [-0.05, 0) is 162 Å². The number of aromatic hydroxyl groups is 4. The van der Waals surface area contributed by atoms with Crippen molar-refractivity contribution in [3.8, 4) is 115 Å². The van der Waals surface area contributed by atoms with Crippen LogP contribution in [-0.2, 0) is 19.5 Å². The van der Waals surface area contributed by atoms with Crippen LogP contribution in [0.4, 0.5) is 0 Å². The largest absolute Gasteiger partial charge is 2.00 e. The molecule has 28 nitrogen and oxygen atoms in total. The normalized spacial score (nSPS) is 11.5. The predicted molar refractivity (Wildman–Crippen MR) is 433 cm³/mol. The molecule has 0 saturated carbocycles. The first kappa shape index (κ1) is 74.7. The van der Waals surface area contributed by atoms with E-state index in [-0.39, 0.29) is 122 Å². The van der Waals surface area contributed by atoms with Gasteiger partial charge >= 0.3 is 19.5 Å². The Hall–Kier alpha value is -16.4. The average molecular weight is 1590 g/mol. The van der Waals surface area contributed by atoms with Crippen LogP contribution in [-0.4, -0.2) is 98.8 Å². The van der Waals surface area contributed by atoms with Gasteiger partial charge in [-0.2, -0.15) is 20.4 Å². The molecule has 5 heterocycles. The smallest absolute Gasteiger partial charge is 0.507 e. The molecule has 0 spiro atoms. The summed E-state index contributed by atoms with van der Waals surface area (Å²) in [4.78, 5) is 94.6. The molecule has 29 heteroatoms. The fraction of sp³-hybridized carbons (Fsp3) is 0. The summed E-state index contributed by atoms with van der Waals surface area (Å²) in [5.41, 5.74) is 14.1. The summed E-state index contributed by atoms with van der Waals surface area (Å²) in [5, 5.41) is 60.2. The molecule has 8 N–H and O–H groups in total. The molecule has 3 aromatic heterocycles. The summed E-state index contributed by atoms with van der Waals surface area (Å²) < 4.78 is 27.1. The number of para-hydroxylation sites is 8. The van der Waals surface area contributed by atoms with Gasteiger partial charge in [0.1, 0.15) is 69.0 Å². The van der Waals surface area contributed by atoms with Gasteiger partial charge in [-0.25, -0.2) is 31.7 Å². The first-order chi connectivity index (χ1) is 56.8. The third-order valence-corrected chi connectivity index (χ3v) is 18.3. The Bertz CT molecular complexity index is 6830. The van der Waals surface area contributed by atoms with Crippen molar-refractivity contribution in [1.29, 1.82) is 0 Å². The maximum Gasteiger partial charge on any atom is 2.00 e. The number of carbonyl (C=O) groups excluding carboxylic acids is 4. The van der Waals surface area contributed by atoms with Crippen LogP contribution in [0.25, 0.3) is 89.7 Å². The van der Waals surface area contributed by atoms with E-state index in [1.54, 1.807) is 212 Å². The molecule has 2 aliphatic rings. The minimum absolute atomic E-state index is 0. The summed E-state index contributed by atoms with van der Waals surface area (Å²) >= 11 is 0. The molecule has 0 saturated heterocycles. The Morgan fingerprint density at radius 3 is 1.15 bits per heavy atom. The number of aromatic nitrogens is 8. The van der Waals surface area contributed by atoms with Crippen LogP contribution in [0.1, 0.15) is 63.7 Å². The SMILES string of the molecule is O=C(N/N=C\c1ccccc1Oc1cccc2c3nc4nc(nc5[n-]c(nc6nc(nc([n-]3)c12)-c1cc(Oc2ccccc2/C=N/NC(=O)c2ccccc2O)ccc1-6)c1cc(Oc2ccccc2/C=N/NC(=O)c2ccccc2O)ccc51)-c1cccc(Oc2ccccc2/C=N/NC(=O)c2ccccc2O)c1-4)c1ccccc1O.[Zn+2]. The number of hydrogen-bond donors (Lipinski definition) is 8. The van der Waals surface area contributed by atoms with E-state index in [1.165, 1.54) is 73.4 Å². The second-order valence-corrected chi connectivity index (χ2v) is 25.7. The van der Waals surface area contributed by atoms with Crippen LogP contribution >= 0.6 is 0 Å². The molecule has 0 fully saturated rings. The summed E-state index contributed by atoms with van der Waals surface area (Å²) in [6, 6.07) is 73.5. The van der Waals surface area contributed by atoms with Crippen molar-refractivity contribution in [1.82, 2.24) is 61.6 Å². The van der Waals surface area contributed by atoms with E-state index in [0.717, 1.165) is 0 Å². The van der Waals surface area contributed by atoms with Crippen LogP contribution in [0.5, 0.6) is 69.0 Å². The number of rotatable bonds is 20. The molecular weight excluding hydrogens is 1540 g/mol. The fourth-order valence-electron chi connectivity index (χ4n) is 12.7. The van der Waals surface area contributed by atoms with Gasteiger partial charge < -0.3 is 69.3 Å². The van der Waals surface area contributed by atoms with Gasteiger partial charge in [0.2, 0.25) is 0 Å². The maximum absolute atomic E-state index is 13.2. The van der Waals surface area contributed by atoms with Crippen molar-refractivity contribution < 1.29 is 78.0 Å². The molecule has 0 radical (unpaired) electrons. The van der Waals surface area contributed by atoms with Gasteiger partial charge in [-0.15, -0.1) is 0 Å². The molecule has 117 heavy (non-hydrogen) atoms. The Morgan fingerprint density at radius 2 is 0.650 bits per heavy atom. The number of hydrogen-bond acceptors (Lipinski definition) is 22. The second kappa shape index (κ2) is 32.9. The topological polar surface area (TPSA) is 389 Å². The van der Waals surface area contributed by atoms with E-state index >= 15 is 0 Å². The van der Waals surface area contributed by atoms with E-state index in [9.17, 15) is 39.6 Å². The third-order valence-electron chi connectivity index (χ3n) is 18.3. The molecule has 8 bridgehead atoms. The van der Waals surface area contributed by atoms with E-state index in [4.69, 9.17) is 58.8 Å². The van der Waals surface area contributed by atoms with E-state index in [0.29, 0.717) is 101 Å². The minimum atomic E-state index is -0.653. The molecule has 0 aliphatic carbocycles. The summed E-state index contributed by atoms with van der Waals surface area (Å²) in [7, 11) is 0. The number of phenols is 4. The summed E-state index contributed by atoms with van der Waals surface area (Å²) in [6.45, 7) is 0. The van der Waals surface area contributed by atoms with E-state index in [1.807, 2.05) is 6.07 Å². The minimum Gasteiger partial charge on any atom is -0.507 e. The first-order valence-corrected chi connectivity index (χ1v) is 35.6. The second-order valence-electron chi connectivity index (χ2n) is 25.7.